The van der Waals surface area contributed by atoms with Crippen molar-refractivity contribution in [2.75, 3.05) is 0 Å². The van der Waals surface area contributed by atoms with E-state index in [1.54, 1.807) is 23.5 Å². The first-order valence-electron chi connectivity index (χ1n) is 5.99. The predicted molar refractivity (Wildman–Crippen MR) is 83.5 cm³/mol. The maximum Gasteiger partial charge on any atom is 0.153 e. The van der Waals surface area contributed by atoms with E-state index < -0.39 is 0 Å². The Morgan fingerprint density at radius 2 is 2.05 bits per heavy atom. The highest BCUT2D eigenvalue weighted by atomic mass is 79.9. The van der Waals surface area contributed by atoms with Crippen molar-refractivity contribution in [3.8, 4) is 5.75 Å². The maximum atomic E-state index is 11.0. The molecule has 100 valence electrons. The number of para-hydroxylation sites is 2. The number of aldehydes is 1. The molecule has 1 heterocycles. The van der Waals surface area contributed by atoms with Gasteiger partial charge in [-0.1, -0.05) is 18.2 Å². The number of benzene rings is 2. The van der Waals surface area contributed by atoms with Crippen LogP contribution in [0.15, 0.2) is 46.9 Å². The van der Waals surface area contributed by atoms with Gasteiger partial charge in [0.05, 0.1) is 20.3 Å². The lowest BCUT2D eigenvalue weighted by Gasteiger charge is -2.08. The highest BCUT2D eigenvalue weighted by molar-refractivity contribution is 9.10. The monoisotopic (exact) mass is 347 g/mol. The summed E-state index contributed by atoms with van der Waals surface area (Å²) in [6, 6.07) is 13.3. The molecule has 0 saturated carbocycles. The van der Waals surface area contributed by atoms with Crippen molar-refractivity contribution in [2.24, 2.45) is 0 Å². The van der Waals surface area contributed by atoms with Gasteiger partial charge in [0.25, 0.3) is 0 Å². The second kappa shape index (κ2) is 5.73. The Hall–Kier alpha value is -1.72. The van der Waals surface area contributed by atoms with Gasteiger partial charge in [-0.05, 0) is 40.2 Å². The van der Waals surface area contributed by atoms with Gasteiger partial charge in [0.2, 0.25) is 0 Å². The zero-order chi connectivity index (χ0) is 13.9. The largest absolute Gasteiger partial charge is 0.484 e. The van der Waals surface area contributed by atoms with Crippen LogP contribution in [0.3, 0.4) is 0 Å². The summed E-state index contributed by atoms with van der Waals surface area (Å²) in [6.45, 7) is 0.350. The average Bonchev–Trinajstić information content (AvgIpc) is 2.88. The molecule has 3 nitrogen and oxygen atoms in total. The third kappa shape index (κ3) is 2.59. The Labute approximate surface area is 128 Å². The number of halogens is 1. The normalized spacial score (nSPS) is 10.7. The third-order valence-electron chi connectivity index (χ3n) is 2.80. The van der Waals surface area contributed by atoms with Crippen LogP contribution in [-0.2, 0) is 6.61 Å². The summed E-state index contributed by atoms with van der Waals surface area (Å²) in [5, 5.41) is 0.888. The first-order chi connectivity index (χ1) is 9.78. The topological polar surface area (TPSA) is 39.2 Å². The van der Waals surface area contributed by atoms with Crippen LogP contribution in [0, 0.1) is 0 Å². The number of hydrogen-bond acceptors (Lipinski definition) is 4. The second-order valence-corrected chi connectivity index (χ2v) is 6.11. The summed E-state index contributed by atoms with van der Waals surface area (Å²) in [7, 11) is 0. The van der Waals surface area contributed by atoms with Gasteiger partial charge in [-0.3, -0.25) is 4.79 Å². The SMILES string of the molecule is O=Cc1cccc(Br)c1OCc1nc2ccccc2s1. The summed E-state index contributed by atoms with van der Waals surface area (Å²) in [4.78, 5) is 15.5. The Bertz CT molecular complexity index is 736. The molecule has 0 atom stereocenters. The third-order valence-corrected chi connectivity index (χ3v) is 4.44. The van der Waals surface area contributed by atoms with Crippen LogP contribution < -0.4 is 4.74 Å². The summed E-state index contributed by atoms with van der Waals surface area (Å²) < 4.78 is 7.64. The van der Waals surface area contributed by atoms with Gasteiger partial charge in [0, 0.05) is 0 Å². The van der Waals surface area contributed by atoms with Gasteiger partial charge in [-0.15, -0.1) is 11.3 Å². The van der Waals surface area contributed by atoms with Crippen LogP contribution in [-0.4, -0.2) is 11.3 Å². The van der Waals surface area contributed by atoms with Crippen LogP contribution in [0.5, 0.6) is 5.75 Å². The molecule has 0 aliphatic rings. The van der Waals surface area contributed by atoms with Crippen LogP contribution in [0.1, 0.15) is 15.4 Å². The quantitative estimate of drug-likeness (QED) is 0.654. The molecule has 2 aromatic carbocycles. The maximum absolute atomic E-state index is 11.0. The van der Waals surface area contributed by atoms with E-state index in [2.05, 4.69) is 20.9 Å². The molecule has 0 aliphatic carbocycles. The molecule has 0 spiro atoms. The zero-order valence-electron chi connectivity index (χ0n) is 10.4. The van der Waals surface area contributed by atoms with E-state index in [0.29, 0.717) is 17.9 Å². The molecule has 0 bridgehead atoms. The fourth-order valence-electron chi connectivity index (χ4n) is 1.89. The Balaban J connectivity index is 1.84. The Morgan fingerprint density at radius 3 is 2.85 bits per heavy atom. The lowest BCUT2D eigenvalue weighted by molar-refractivity contribution is 0.111. The van der Waals surface area contributed by atoms with E-state index in [0.717, 1.165) is 26.0 Å². The average molecular weight is 348 g/mol. The number of ether oxygens (including phenoxy) is 1. The van der Waals surface area contributed by atoms with Crippen LogP contribution in [0.2, 0.25) is 0 Å². The number of thiazole rings is 1. The smallest absolute Gasteiger partial charge is 0.153 e. The van der Waals surface area contributed by atoms with Gasteiger partial charge in [-0.25, -0.2) is 4.98 Å². The molecule has 3 aromatic rings. The predicted octanol–water partition coefficient (Wildman–Crippen LogP) is 4.45. The van der Waals surface area contributed by atoms with Crippen LogP contribution in [0.25, 0.3) is 10.2 Å². The fourth-order valence-corrected chi connectivity index (χ4v) is 3.26. The molecule has 0 N–H and O–H groups in total. The van der Waals surface area contributed by atoms with Gasteiger partial charge in [0.1, 0.15) is 17.4 Å². The number of nitrogens with zero attached hydrogens (tertiary/aromatic N) is 1. The molecular weight excluding hydrogens is 338 g/mol. The van der Waals surface area contributed by atoms with Crippen molar-refractivity contribution in [3.05, 3.63) is 57.5 Å². The molecule has 0 saturated heterocycles. The van der Waals surface area contributed by atoms with Gasteiger partial charge in [0.15, 0.2) is 6.29 Å². The minimum atomic E-state index is 0.350. The minimum absolute atomic E-state index is 0.350. The lowest BCUT2D eigenvalue weighted by Crippen LogP contribution is -1.98. The molecule has 5 heteroatoms. The first-order valence-corrected chi connectivity index (χ1v) is 7.60. The van der Waals surface area contributed by atoms with E-state index >= 15 is 0 Å². The van der Waals surface area contributed by atoms with Crippen molar-refractivity contribution >= 4 is 43.8 Å². The molecule has 20 heavy (non-hydrogen) atoms. The van der Waals surface area contributed by atoms with Crippen molar-refractivity contribution in [3.63, 3.8) is 0 Å². The number of rotatable bonds is 4. The minimum Gasteiger partial charge on any atom is -0.484 e. The fraction of sp³-hybridized carbons (Fsp3) is 0.0667. The summed E-state index contributed by atoms with van der Waals surface area (Å²) in [5.41, 5.74) is 1.50. The molecule has 0 amide bonds. The van der Waals surface area contributed by atoms with E-state index in [-0.39, 0.29) is 0 Å². The van der Waals surface area contributed by atoms with Gasteiger partial charge in [-0.2, -0.15) is 0 Å². The number of aromatic nitrogens is 1. The molecule has 0 aliphatic heterocycles. The number of carbonyl (C=O) groups excluding carboxylic acids is 1. The first kappa shape index (κ1) is 13.3. The number of hydrogen-bond donors (Lipinski definition) is 0. The summed E-state index contributed by atoms with van der Waals surface area (Å²) >= 11 is 4.99. The molecule has 1 aromatic heterocycles. The van der Waals surface area contributed by atoms with E-state index in [1.165, 1.54) is 0 Å². The van der Waals surface area contributed by atoms with Crippen LogP contribution >= 0.6 is 27.3 Å². The zero-order valence-corrected chi connectivity index (χ0v) is 12.8. The molecule has 3 rings (SSSR count). The molecule has 0 fully saturated rings. The van der Waals surface area contributed by atoms with Crippen molar-refractivity contribution in [1.82, 2.24) is 4.98 Å². The second-order valence-electron chi connectivity index (χ2n) is 4.14. The van der Waals surface area contributed by atoms with Crippen molar-refractivity contribution in [2.45, 2.75) is 6.61 Å². The van der Waals surface area contributed by atoms with E-state index in [9.17, 15) is 4.79 Å². The van der Waals surface area contributed by atoms with Crippen molar-refractivity contribution in [1.29, 1.82) is 0 Å². The highest BCUT2D eigenvalue weighted by Crippen LogP contribution is 2.30. The standard InChI is InChI=1S/C15H10BrNO2S/c16-11-5-3-4-10(8-18)15(11)19-9-14-17-12-6-1-2-7-13(12)20-14/h1-8H,9H2. The van der Waals surface area contributed by atoms with E-state index in [1.807, 2.05) is 30.3 Å². The molecule has 0 unspecified atom stereocenters. The number of fused-ring (bicyclic) bond motifs is 1. The van der Waals surface area contributed by atoms with Gasteiger partial charge < -0.3 is 4.74 Å². The Kier molecular flexibility index (Phi) is 3.80. The molecular formula is C15H10BrNO2S. The summed E-state index contributed by atoms with van der Waals surface area (Å²) in [6.07, 6.45) is 0.790. The van der Waals surface area contributed by atoms with E-state index in [4.69, 9.17) is 4.74 Å². The van der Waals surface area contributed by atoms with Crippen LogP contribution in [0.4, 0.5) is 0 Å². The van der Waals surface area contributed by atoms with Crippen molar-refractivity contribution < 1.29 is 9.53 Å². The van der Waals surface area contributed by atoms with Gasteiger partial charge >= 0.3 is 0 Å². The summed E-state index contributed by atoms with van der Waals surface area (Å²) in [5.74, 6) is 0.557. The molecule has 0 radical (unpaired) electrons. The Morgan fingerprint density at radius 1 is 1.20 bits per heavy atom. The lowest BCUT2D eigenvalue weighted by atomic mass is 10.2. The highest BCUT2D eigenvalue weighted by Gasteiger charge is 2.09. The number of carbonyl (C=O) groups is 1.